The number of rotatable bonds is 6. The van der Waals surface area contributed by atoms with Crippen LogP contribution in [0.25, 0.3) is 11.4 Å². The molecule has 5 heteroatoms. The van der Waals surface area contributed by atoms with Crippen LogP contribution in [0.2, 0.25) is 0 Å². The van der Waals surface area contributed by atoms with E-state index in [1.807, 2.05) is 24.3 Å². The Hall–Kier alpha value is -2.27. The van der Waals surface area contributed by atoms with E-state index in [9.17, 15) is 0 Å². The number of nitrogens with one attached hydrogen (secondary N) is 1. The van der Waals surface area contributed by atoms with Gasteiger partial charge >= 0.3 is 0 Å². The third-order valence-electron chi connectivity index (χ3n) is 3.84. The van der Waals surface area contributed by atoms with Gasteiger partial charge in [0.15, 0.2) is 5.82 Å². The van der Waals surface area contributed by atoms with Crippen molar-refractivity contribution in [2.45, 2.75) is 30.7 Å². The van der Waals surface area contributed by atoms with Gasteiger partial charge in [-0.3, -0.25) is 5.10 Å². The summed E-state index contributed by atoms with van der Waals surface area (Å²) in [6.45, 7) is 4.41. The molecular formula is C19H21N3OS. The molecule has 2 aromatic carbocycles. The van der Waals surface area contributed by atoms with E-state index in [1.54, 1.807) is 18.9 Å². The molecule has 0 spiro atoms. The number of nitrogens with zero attached hydrogens (tertiary/aromatic N) is 2. The number of thioether (sulfide) groups is 1. The predicted octanol–water partition coefficient (Wildman–Crippen LogP) is 4.90. The average Bonchev–Trinajstić information content (AvgIpc) is 3.09. The Morgan fingerprint density at radius 3 is 2.38 bits per heavy atom. The molecule has 1 N–H and O–H groups in total. The highest BCUT2D eigenvalue weighted by Gasteiger charge is 2.07. The minimum Gasteiger partial charge on any atom is -0.497 e. The van der Waals surface area contributed by atoms with Crippen molar-refractivity contribution < 1.29 is 4.74 Å². The van der Waals surface area contributed by atoms with Crippen LogP contribution in [0.5, 0.6) is 5.75 Å². The zero-order valence-corrected chi connectivity index (χ0v) is 14.9. The van der Waals surface area contributed by atoms with Crippen molar-refractivity contribution in [3.8, 4) is 17.1 Å². The van der Waals surface area contributed by atoms with E-state index in [-0.39, 0.29) is 0 Å². The van der Waals surface area contributed by atoms with Gasteiger partial charge in [0.05, 0.1) is 7.11 Å². The van der Waals surface area contributed by atoms with Crippen LogP contribution in [0, 0.1) is 0 Å². The first-order chi connectivity index (χ1) is 11.7. The summed E-state index contributed by atoms with van der Waals surface area (Å²) in [5.41, 5.74) is 3.64. The van der Waals surface area contributed by atoms with Crippen LogP contribution in [0.3, 0.4) is 0 Å². The second kappa shape index (κ2) is 7.53. The van der Waals surface area contributed by atoms with E-state index in [4.69, 9.17) is 4.74 Å². The summed E-state index contributed by atoms with van der Waals surface area (Å²) < 4.78 is 5.17. The van der Waals surface area contributed by atoms with Crippen LogP contribution in [-0.4, -0.2) is 22.3 Å². The number of aromatic nitrogens is 3. The van der Waals surface area contributed by atoms with Gasteiger partial charge in [-0.15, -0.1) is 5.10 Å². The van der Waals surface area contributed by atoms with Gasteiger partial charge in [-0.25, -0.2) is 4.98 Å². The largest absolute Gasteiger partial charge is 0.497 e. The minimum atomic E-state index is 0.562. The van der Waals surface area contributed by atoms with Crippen LogP contribution in [0.1, 0.15) is 30.9 Å². The number of benzene rings is 2. The van der Waals surface area contributed by atoms with E-state index in [2.05, 4.69) is 53.3 Å². The van der Waals surface area contributed by atoms with E-state index >= 15 is 0 Å². The molecule has 0 aliphatic carbocycles. The monoisotopic (exact) mass is 339 g/mol. The molecule has 124 valence electrons. The maximum Gasteiger partial charge on any atom is 0.209 e. The molecule has 0 saturated heterocycles. The molecule has 0 radical (unpaired) electrons. The Labute approximate surface area is 146 Å². The lowest BCUT2D eigenvalue weighted by Crippen LogP contribution is -1.88. The highest BCUT2D eigenvalue weighted by atomic mass is 32.2. The Morgan fingerprint density at radius 1 is 1.04 bits per heavy atom. The molecule has 0 unspecified atom stereocenters. The fraction of sp³-hybridized carbons (Fsp3) is 0.263. The zero-order valence-electron chi connectivity index (χ0n) is 14.1. The van der Waals surface area contributed by atoms with Crippen molar-refractivity contribution in [1.29, 1.82) is 0 Å². The van der Waals surface area contributed by atoms with Gasteiger partial charge in [0.2, 0.25) is 5.16 Å². The molecule has 1 aromatic heterocycles. The Bertz CT molecular complexity index is 779. The quantitative estimate of drug-likeness (QED) is 0.649. The second-order valence-electron chi connectivity index (χ2n) is 5.88. The van der Waals surface area contributed by atoms with E-state index in [0.717, 1.165) is 28.0 Å². The SMILES string of the molecule is COc1ccc(-c2nc(SCc3ccc(C(C)C)cc3)n[nH]2)cc1. The summed E-state index contributed by atoms with van der Waals surface area (Å²) in [5.74, 6) is 3.03. The molecule has 24 heavy (non-hydrogen) atoms. The van der Waals surface area contributed by atoms with Crippen molar-refractivity contribution in [2.75, 3.05) is 7.11 Å². The summed E-state index contributed by atoms with van der Waals surface area (Å²) in [4.78, 5) is 4.55. The van der Waals surface area contributed by atoms with Crippen molar-refractivity contribution in [3.05, 3.63) is 59.7 Å². The summed E-state index contributed by atoms with van der Waals surface area (Å²) >= 11 is 1.63. The number of ether oxygens (including phenoxy) is 1. The first kappa shape index (κ1) is 16.6. The highest BCUT2D eigenvalue weighted by Crippen LogP contribution is 2.24. The highest BCUT2D eigenvalue weighted by molar-refractivity contribution is 7.98. The van der Waals surface area contributed by atoms with Gasteiger partial charge in [0.25, 0.3) is 0 Å². The fourth-order valence-corrected chi connectivity index (χ4v) is 3.09. The third kappa shape index (κ3) is 3.97. The second-order valence-corrected chi connectivity index (χ2v) is 6.82. The lowest BCUT2D eigenvalue weighted by molar-refractivity contribution is 0.415. The van der Waals surface area contributed by atoms with E-state index in [0.29, 0.717) is 5.92 Å². The van der Waals surface area contributed by atoms with Gasteiger partial charge in [0, 0.05) is 11.3 Å². The molecule has 4 nitrogen and oxygen atoms in total. The third-order valence-corrected chi connectivity index (χ3v) is 4.76. The van der Waals surface area contributed by atoms with E-state index in [1.165, 1.54) is 11.1 Å². The smallest absolute Gasteiger partial charge is 0.209 e. The molecule has 0 aliphatic rings. The van der Waals surface area contributed by atoms with Gasteiger partial charge in [0.1, 0.15) is 5.75 Å². The minimum absolute atomic E-state index is 0.562. The average molecular weight is 339 g/mol. The molecular weight excluding hydrogens is 318 g/mol. The molecule has 0 bridgehead atoms. The molecule has 0 fully saturated rings. The lowest BCUT2D eigenvalue weighted by Gasteiger charge is -2.05. The first-order valence-corrected chi connectivity index (χ1v) is 8.92. The van der Waals surface area contributed by atoms with Crippen LogP contribution in [0.15, 0.2) is 53.7 Å². The van der Waals surface area contributed by atoms with Gasteiger partial charge < -0.3 is 4.74 Å². The van der Waals surface area contributed by atoms with Crippen LogP contribution in [-0.2, 0) is 5.75 Å². The summed E-state index contributed by atoms with van der Waals surface area (Å²) in [6, 6.07) is 16.5. The zero-order chi connectivity index (χ0) is 16.9. The first-order valence-electron chi connectivity index (χ1n) is 7.94. The van der Waals surface area contributed by atoms with E-state index < -0.39 is 0 Å². The maximum absolute atomic E-state index is 5.17. The number of hydrogen-bond acceptors (Lipinski definition) is 4. The topological polar surface area (TPSA) is 50.8 Å². The molecule has 3 rings (SSSR count). The molecule has 0 saturated carbocycles. The molecule has 1 heterocycles. The molecule has 0 atom stereocenters. The molecule has 0 amide bonds. The van der Waals surface area contributed by atoms with Crippen LogP contribution < -0.4 is 4.74 Å². The molecule has 3 aromatic rings. The van der Waals surface area contributed by atoms with Gasteiger partial charge in [-0.1, -0.05) is 49.9 Å². The van der Waals surface area contributed by atoms with Crippen molar-refractivity contribution in [2.24, 2.45) is 0 Å². The number of hydrogen-bond donors (Lipinski definition) is 1. The number of H-pyrrole nitrogens is 1. The van der Waals surface area contributed by atoms with Gasteiger partial charge in [-0.2, -0.15) is 0 Å². The summed E-state index contributed by atoms with van der Waals surface area (Å²) in [5, 5.41) is 8.05. The Kier molecular flexibility index (Phi) is 5.20. The Balaban J connectivity index is 1.63. The normalized spacial score (nSPS) is 11.0. The van der Waals surface area contributed by atoms with Crippen molar-refractivity contribution in [3.63, 3.8) is 0 Å². The summed E-state index contributed by atoms with van der Waals surface area (Å²) in [7, 11) is 1.66. The van der Waals surface area contributed by atoms with Crippen LogP contribution >= 0.6 is 11.8 Å². The number of methoxy groups -OCH3 is 1. The van der Waals surface area contributed by atoms with Crippen LogP contribution in [0.4, 0.5) is 0 Å². The number of aromatic amines is 1. The standard InChI is InChI=1S/C19H21N3OS/c1-13(2)15-6-4-14(5-7-15)12-24-19-20-18(21-22-19)16-8-10-17(23-3)11-9-16/h4-11,13H,12H2,1-3H3,(H,20,21,22). The van der Waals surface area contributed by atoms with Crippen molar-refractivity contribution >= 4 is 11.8 Å². The Morgan fingerprint density at radius 2 is 1.75 bits per heavy atom. The summed E-state index contributed by atoms with van der Waals surface area (Å²) in [6.07, 6.45) is 0. The lowest BCUT2D eigenvalue weighted by atomic mass is 10.0. The maximum atomic E-state index is 5.17. The predicted molar refractivity (Wildman–Crippen MR) is 98.5 cm³/mol. The fourth-order valence-electron chi connectivity index (χ4n) is 2.34. The van der Waals surface area contributed by atoms with Gasteiger partial charge in [-0.05, 0) is 41.3 Å². The molecule has 0 aliphatic heterocycles. The van der Waals surface area contributed by atoms with Crippen molar-refractivity contribution in [1.82, 2.24) is 15.2 Å².